The molecule has 2 aromatic heterocycles. The summed E-state index contributed by atoms with van der Waals surface area (Å²) in [6.45, 7) is 2.97. The maximum atomic E-state index is 12.6. The molecule has 5 rings (SSSR count). The first-order valence-corrected chi connectivity index (χ1v) is 10.6. The topological polar surface area (TPSA) is 70.1 Å². The van der Waals surface area contributed by atoms with Crippen LogP contribution in [0.5, 0.6) is 0 Å². The second-order valence-electron chi connectivity index (χ2n) is 8.84. The van der Waals surface area contributed by atoms with Gasteiger partial charge in [-0.25, -0.2) is 9.97 Å². The van der Waals surface area contributed by atoms with Gasteiger partial charge >= 0.3 is 0 Å². The number of anilines is 1. The summed E-state index contributed by atoms with van der Waals surface area (Å²) in [4.78, 5) is 29.0. The quantitative estimate of drug-likeness (QED) is 0.724. The van der Waals surface area contributed by atoms with Crippen molar-refractivity contribution in [1.29, 1.82) is 0 Å². The van der Waals surface area contributed by atoms with E-state index in [0.29, 0.717) is 5.95 Å². The third kappa shape index (κ3) is 3.33. The molecule has 0 radical (unpaired) electrons. The molecule has 3 aromatic rings. The number of imidazole rings is 1. The molecule has 1 spiro atoms. The predicted octanol–water partition coefficient (Wildman–Crippen LogP) is 2.50. The van der Waals surface area contributed by atoms with Gasteiger partial charge in [-0.2, -0.15) is 0 Å². The van der Waals surface area contributed by atoms with E-state index in [1.54, 1.807) is 6.20 Å². The molecule has 3 heterocycles. The Hall–Kier alpha value is -2.93. The van der Waals surface area contributed by atoms with Crippen molar-refractivity contribution in [3.8, 4) is 5.69 Å². The molecule has 156 valence electrons. The minimum absolute atomic E-state index is 0.00333. The number of hydrogen-bond acceptors (Lipinski definition) is 5. The Morgan fingerprint density at radius 1 is 1.20 bits per heavy atom. The smallest absolute Gasteiger partial charge is 0.255 e. The number of rotatable bonds is 4. The second kappa shape index (κ2) is 7.40. The van der Waals surface area contributed by atoms with Gasteiger partial charge in [-0.1, -0.05) is 12.1 Å². The largest absolute Gasteiger partial charge is 0.348 e. The highest BCUT2D eigenvalue weighted by molar-refractivity contribution is 5.40. The lowest BCUT2D eigenvalue weighted by atomic mass is 9.77. The van der Waals surface area contributed by atoms with Crippen LogP contribution in [0, 0.1) is 0 Å². The summed E-state index contributed by atoms with van der Waals surface area (Å²) < 4.78 is 2.01. The first-order chi connectivity index (χ1) is 14.5. The number of aromatic amines is 1. The molecule has 1 aromatic carbocycles. The number of fused-ring (bicyclic) bond motifs is 2. The van der Waals surface area contributed by atoms with Crippen LogP contribution in [0.2, 0.25) is 0 Å². The fourth-order valence-electron chi connectivity index (χ4n) is 5.05. The minimum atomic E-state index is 0.00333. The Bertz CT molecular complexity index is 1090. The van der Waals surface area contributed by atoms with Crippen molar-refractivity contribution in [1.82, 2.24) is 24.4 Å². The van der Waals surface area contributed by atoms with Gasteiger partial charge in [0.05, 0.1) is 12.0 Å². The summed E-state index contributed by atoms with van der Waals surface area (Å²) in [6.07, 6.45) is 9.67. The second-order valence-corrected chi connectivity index (χ2v) is 8.84. The number of aromatic nitrogens is 4. The lowest BCUT2D eigenvalue weighted by molar-refractivity contribution is 0.137. The SMILES string of the molecule is CN(C)c1nc2c(c(=O)[nH]1)CCC21CCCN(Cc2ccc(-n3ccnc3)cc2)C1. The normalized spacial score (nSPS) is 21.1. The third-order valence-electron chi connectivity index (χ3n) is 6.58. The van der Waals surface area contributed by atoms with Crippen molar-refractivity contribution in [2.75, 3.05) is 32.1 Å². The van der Waals surface area contributed by atoms with Crippen LogP contribution in [-0.4, -0.2) is 51.6 Å². The first kappa shape index (κ1) is 19.1. The van der Waals surface area contributed by atoms with Gasteiger partial charge in [0.2, 0.25) is 5.95 Å². The summed E-state index contributed by atoms with van der Waals surface area (Å²) in [7, 11) is 3.85. The average molecular weight is 405 g/mol. The Labute approximate surface area is 176 Å². The third-order valence-corrected chi connectivity index (χ3v) is 6.58. The molecule has 1 atom stereocenters. The van der Waals surface area contributed by atoms with Crippen LogP contribution in [-0.2, 0) is 18.4 Å². The highest BCUT2D eigenvalue weighted by atomic mass is 16.1. The van der Waals surface area contributed by atoms with Crippen LogP contribution >= 0.6 is 0 Å². The minimum Gasteiger partial charge on any atom is -0.348 e. The molecule has 1 aliphatic heterocycles. The fraction of sp³-hybridized carbons (Fsp3) is 0.435. The van der Waals surface area contributed by atoms with Gasteiger partial charge < -0.3 is 9.47 Å². The zero-order valence-corrected chi connectivity index (χ0v) is 17.6. The Balaban J connectivity index is 1.37. The lowest BCUT2D eigenvalue weighted by Crippen LogP contribution is -2.45. The molecule has 1 N–H and O–H groups in total. The lowest BCUT2D eigenvalue weighted by Gasteiger charge is -2.40. The van der Waals surface area contributed by atoms with E-state index in [9.17, 15) is 4.79 Å². The van der Waals surface area contributed by atoms with Crippen molar-refractivity contribution in [2.24, 2.45) is 0 Å². The Morgan fingerprint density at radius 3 is 2.77 bits per heavy atom. The van der Waals surface area contributed by atoms with Gasteiger partial charge in [-0.05, 0) is 49.9 Å². The van der Waals surface area contributed by atoms with Gasteiger partial charge in [-0.3, -0.25) is 14.7 Å². The van der Waals surface area contributed by atoms with E-state index in [0.717, 1.165) is 62.3 Å². The number of hydrogen-bond donors (Lipinski definition) is 1. The van der Waals surface area contributed by atoms with Crippen molar-refractivity contribution < 1.29 is 0 Å². The maximum Gasteiger partial charge on any atom is 0.255 e. The molecule has 2 aliphatic rings. The summed E-state index contributed by atoms with van der Waals surface area (Å²) in [5, 5.41) is 0. The van der Waals surface area contributed by atoms with E-state index in [2.05, 4.69) is 39.1 Å². The number of benzene rings is 1. The van der Waals surface area contributed by atoms with Crippen molar-refractivity contribution in [3.05, 3.63) is 70.2 Å². The van der Waals surface area contributed by atoms with Gasteiger partial charge in [0.15, 0.2) is 0 Å². The van der Waals surface area contributed by atoms with E-state index in [1.807, 2.05) is 36.1 Å². The molecular formula is C23H28N6O. The number of piperidine rings is 1. The Kier molecular flexibility index (Phi) is 4.70. The summed E-state index contributed by atoms with van der Waals surface area (Å²) in [6, 6.07) is 8.69. The fourth-order valence-corrected chi connectivity index (χ4v) is 5.05. The van der Waals surface area contributed by atoms with Crippen LogP contribution in [0.1, 0.15) is 36.1 Å². The van der Waals surface area contributed by atoms with Gasteiger partial charge in [0, 0.05) is 56.2 Å². The summed E-state index contributed by atoms with van der Waals surface area (Å²) >= 11 is 0. The summed E-state index contributed by atoms with van der Waals surface area (Å²) in [5.41, 5.74) is 4.40. The molecule has 1 aliphatic carbocycles. The van der Waals surface area contributed by atoms with Crippen molar-refractivity contribution >= 4 is 5.95 Å². The number of nitrogens with one attached hydrogen (secondary N) is 1. The molecule has 1 unspecified atom stereocenters. The molecule has 1 fully saturated rings. The van der Waals surface area contributed by atoms with Gasteiger partial charge in [0.1, 0.15) is 0 Å². The Morgan fingerprint density at radius 2 is 2.03 bits per heavy atom. The van der Waals surface area contributed by atoms with Crippen molar-refractivity contribution in [3.63, 3.8) is 0 Å². The average Bonchev–Trinajstić information content (AvgIpc) is 3.38. The van der Waals surface area contributed by atoms with E-state index in [-0.39, 0.29) is 11.0 Å². The van der Waals surface area contributed by atoms with E-state index in [4.69, 9.17) is 4.98 Å². The molecular weight excluding hydrogens is 376 g/mol. The standard InChI is InChI=1S/C23H28N6O/c1-27(2)22-25-20-19(21(30)26-22)8-10-23(20)9-3-12-28(15-23)14-17-4-6-18(7-5-17)29-13-11-24-16-29/h4-7,11,13,16H,3,8-10,12,14-15H2,1-2H3,(H,25,26,30). The molecule has 1 saturated heterocycles. The van der Waals surface area contributed by atoms with E-state index >= 15 is 0 Å². The summed E-state index contributed by atoms with van der Waals surface area (Å²) in [5.74, 6) is 0.659. The molecule has 30 heavy (non-hydrogen) atoms. The van der Waals surface area contributed by atoms with Crippen LogP contribution in [0.25, 0.3) is 5.69 Å². The molecule has 7 heteroatoms. The number of H-pyrrole nitrogens is 1. The predicted molar refractivity (Wildman–Crippen MR) is 117 cm³/mol. The molecule has 0 amide bonds. The highest BCUT2D eigenvalue weighted by Gasteiger charge is 2.44. The van der Waals surface area contributed by atoms with Crippen LogP contribution in [0.3, 0.4) is 0 Å². The molecule has 0 saturated carbocycles. The van der Waals surface area contributed by atoms with E-state index in [1.165, 1.54) is 5.56 Å². The highest BCUT2D eigenvalue weighted by Crippen LogP contribution is 2.43. The first-order valence-electron chi connectivity index (χ1n) is 10.6. The van der Waals surface area contributed by atoms with Crippen LogP contribution < -0.4 is 10.5 Å². The maximum absolute atomic E-state index is 12.6. The number of likely N-dealkylation sites (tertiary alicyclic amines) is 1. The van der Waals surface area contributed by atoms with Crippen molar-refractivity contribution in [2.45, 2.75) is 37.6 Å². The van der Waals surface area contributed by atoms with Crippen LogP contribution in [0.4, 0.5) is 5.95 Å². The van der Waals surface area contributed by atoms with Gasteiger partial charge in [0.25, 0.3) is 5.56 Å². The zero-order chi connectivity index (χ0) is 20.7. The zero-order valence-electron chi connectivity index (χ0n) is 17.6. The number of nitrogens with zero attached hydrogens (tertiary/aromatic N) is 5. The van der Waals surface area contributed by atoms with Crippen LogP contribution in [0.15, 0.2) is 47.8 Å². The van der Waals surface area contributed by atoms with E-state index < -0.39 is 0 Å². The molecule has 7 nitrogen and oxygen atoms in total. The molecule has 0 bridgehead atoms. The monoisotopic (exact) mass is 404 g/mol. The van der Waals surface area contributed by atoms with Gasteiger partial charge in [-0.15, -0.1) is 0 Å².